The molecule has 0 spiro atoms. The fourth-order valence-corrected chi connectivity index (χ4v) is 1.45. The highest BCUT2D eigenvalue weighted by Crippen LogP contribution is 2.06. The summed E-state index contributed by atoms with van der Waals surface area (Å²) in [4.78, 5) is 11.5. The number of hydrogen-bond acceptors (Lipinski definition) is 5. The van der Waals surface area contributed by atoms with Crippen LogP contribution in [0.4, 0.5) is 4.79 Å². The van der Waals surface area contributed by atoms with Crippen LogP contribution in [0, 0.1) is 0 Å². The minimum absolute atomic E-state index is 0.0217. The van der Waals surface area contributed by atoms with E-state index >= 15 is 0 Å². The van der Waals surface area contributed by atoms with Crippen molar-refractivity contribution in [1.29, 1.82) is 0 Å². The highest BCUT2D eigenvalue weighted by Gasteiger charge is 2.17. The second-order valence-electron chi connectivity index (χ2n) is 5.56. The van der Waals surface area contributed by atoms with Crippen molar-refractivity contribution in [2.24, 2.45) is 7.05 Å². The number of ether oxygens (including phenoxy) is 1. The molecule has 1 rings (SSSR count). The van der Waals surface area contributed by atoms with Gasteiger partial charge in [0.1, 0.15) is 5.60 Å². The summed E-state index contributed by atoms with van der Waals surface area (Å²) in [5.41, 5.74) is 0.392. The van der Waals surface area contributed by atoms with Gasteiger partial charge in [-0.3, -0.25) is 4.68 Å². The Bertz CT molecular complexity index is 410. The zero-order chi connectivity index (χ0) is 14.5. The van der Waals surface area contributed by atoms with Gasteiger partial charge in [-0.05, 0) is 27.7 Å². The maximum Gasteiger partial charge on any atom is 0.407 e. The molecule has 0 fully saturated rings. The first-order valence-corrected chi connectivity index (χ1v) is 6.32. The van der Waals surface area contributed by atoms with Gasteiger partial charge < -0.3 is 15.4 Å². The maximum atomic E-state index is 11.5. The van der Waals surface area contributed by atoms with E-state index in [4.69, 9.17) is 4.74 Å². The lowest BCUT2D eigenvalue weighted by molar-refractivity contribution is 0.0508. The second kappa shape index (κ2) is 6.51. The zero-order valence-electron chi connectivity index (χ0n) is 12.2. The summed E-state index contributed by atoms with van der Waals surface area (Å²) in [6.07, 6.45) is 1.44. The lowest BCUT2D eigenvalue weighted by Crippen LogP contribution is -2.42. The molecule has 1 atom stereocenters. The summed E-state index contributed by atoms with van der Waals surface area (Å²) in [6, 6.07) is -0.0217. The minimum Gasteiger partial charge on any atom is -0.444 e. The Kier molecular flexibility index (Phi) is 5.29. The molecule has 1 amide bonds. The van der Waals surface area contributed by atoms with Crippen LogP contribution in [0.15, 0.2) is 6.20 Å². The summed E-state index contributed by atoms with van der Waals surface area (Å²) in [5, 5.41) is 13.8. The van der Waals surface area contributed by atoms with Crippen LogP contribution in [0.1, 0.15) is 33.4 Å². The van der Waals surface area contributed by atoms with Crippen LogP contribution in [0.5, 0.6) is 0 Å². The van der Waals surface area contributed by atoms with Crippen LogP contribution in [0.2, 0.25) is 0 Å². The summed E-state index contributed by atoms with van der Waals surface area (Å²) in [7, 11) is 1.82. The fraction of sp³-hybridized carbons (Fsp3) is 0.750. The molecule has 2 N–H and O–H groups in total. The number of amides is 1. The summed E-state index contributed by atoms with van der Waals surface area (Å²) < 4.78 is 6.82. The van der Waals surface area contributed by atoms with Crippen molar-refractivity contribution in [2.75, 3.05) is 6.54 Å². The van der Waals surface area contributed by atoms with E-state index in [2.05, 4.69) is 20.9 Å². The third-order valence-electron chi connectivity index (χ3n) is 2.17. The lowest BCUT2D eigenvalue weighted by Gasteiger charge is -2.22. The molecule has 0 aliphatic rings. The number of carbonyl (C=O) groups is 1. The van der Waals surface area contributed by atoms with Crippen LogP contribution >= 0.6 is 0 Å². The number of nitrogens with zero attached hydrogens (tertiary/aromatic N) is 3. The Morgan fingerprint density at radius 1 is 1.53 bits per heavy atom. The summed E-state index contributed by atoms with van der Waals surface area (Å²) in [6.45, 7) is 8.67. The molecule has 1 heterocycles. The Labute approximate surface area is 113 Å². The van der Waals surface area contributed by atoms with E-state index in [9.17, 15) is 4.79 Å². The van der Waals surface area contributed by atoms with Gasteiger partial charge in [0.05, 0.1) is 5.69 Å². The molecule has 108 valence electrons. The van der Waals surface area contributed by atoms with Crippen LogP contribution in [0.25, 0.3) is 0 Å². The first kappa shape index (κ1) is 15.4. The number of aromatic nitrogens is 3. The van der Waals surface area contributed by atoms with E-state index in [1.807, 2.05) is 40.9 Å². The summed E-state index contributed by atoms with van der Waals surface area (Å²) in [5.74, 6) is 0. The molecule has 0 aliphatic heterocycles. The van der Waals surface area contributed by atoms with Gasteiger partial charge >= 0.3 is 6.09 Å². The Morgan fingerprint density at radius 3 is 2.74 bits per heavy atom. The van der Waals surface area contributed by atoms with E-state index in [-0.39, 0.29) is 6.04 Å². The molecule has 0 bridgehead atoms. The standard InChI is InChI=1S/C12H23N5O2/c1-9(14-11(18)19-12(2,3)4)6-13-7-10-8-17(5)16-15-10/h8-9,13H,6-7H2,1-5H3,(H,14,18). The molecule has 1 aromatic rings. The number of hydrogen-bond donors (Lipinski definition) is 2. The van der Waals surface area contributed by atoms with Gasteiger partial charge in [0.25, 0.3) is 0 Å². The largest absolute Gasteiger partial charge is 0.444 e. The fourth-order valence-electron chi connectivity index (χ4n) is 1.45. The van der Waals surface area contributed by atoms with E-state index < -0.39 is 11.7 Å². The van der Waals surface area contributed by atoms with E-state index in [0.29, 0.717) is 13.1 Å². The van der Waals surface area contributed by atoms with Crippen LogP contribution in [-0.4, -0.2) is 39.3 Å². The highest BCUT2D eigenvalue weighted by atomic mass is 16.6. The zero-order valence-corrected chi connectivity index (χ0v) is 12.2. The molecular formula is C12H23N5O2. The van der Waals surface area contributed by atoms with Crippen LogP contribution in [-0.2, 0) is 18.3 Å². The van der Waals surface area contributed by atoms with Gasteiger partial charge in [-0.1, -0.05) is 5.21 Å². The second-order valence-corrected chi connectivity index (χ2v) is 5.56. The van der Waals surface area contributed by atoms with Gasteiger partial charge in [0.15, 0.2) is 0 Å². The Balaban J connectivity index is 2.21. The highest BCUT2D eigenvalue weighted by molar-refractivity contribution is 5.68. The summed E-state index contributed by atoms with van der Waals surface area (Å²) >= 11 is 0. The van der Waals surface area contributed by atoms with Gasteiger partial charge in [0.2, 0.25) is 0 Å². The van der Waals surface area contributed by atoms with Crippen LogP contribution in [0.3, 0.4) is 0 Å². The third kappa shape index (κ3) is 6.76. The van der Waals surface area contributed by atoms with Crippen molar-refractivity contribution in [1.82, 2.24) is 25.6 Å². The normalized spacial score (nSPS) is 13.1. The van der Waals surface area contributed by atoms with Crippen molar-refractivity contribution in [3.63, 3.8) is 0 Å². The number of nitrogens with one attached hydrogen (secondary N) is 2. The molecule has 19 heavy (non-hydrogen) atoms. The van der Waals surface area contributed by atoms with Gasteiger partial charge in [-0.25, -0.2) is 4.79 Å². The Hall–Kier alpha value is -1.63. The van der Waals surface area contributed by atoms with Crippen LogP contribution < -0.4 is 10.6 Å². The van der Waals surface area contributed by atoms with Crippen molar-refractivity contribution < 1.29 is 9.53 Å². The predicted molar refractivity (Wildman–Crippen MR) is 71.5 cm³/mol. The Morgan fingerprint density at radius 2 is 2.21 bits per heavy atom. The molecule has 0 saturated heterocycles. The molecular weight excluding hydrogens is 246 g/mol. The first-order chi connectivity index (χ1) is 8.76. The molecule has 1 aromatic heterocycles. The quantitative estimate of drug-likeness (QED) is 0.827. The number of aryl methyl sites for hydroxylation is 1. The maximum absolute atomic E-state index is 11.5. The SMILES string of the molecule is CC(CNCc1cn(C)nn1)NC(=O)OC(C)(C)C. The van der Waals surface area contributed by atoms with E-state index in [0.717, 1.165) is 5.69 Å². The first-order valence-electron chi connectivity index (χ1n) is 6.32. The van der Waals surface area contributed by atoms with Crippen molar-refractivity contribution >= 4 is 6.09 Å². The molecule has 0 saturated carbocycles. The molecule has 0 aromatic carbocycles. The minimum atomic E-state index is -0.475. The predicted octanol–water partition coefficient (Wildman–Crippen LogP) is 0.818. The van der Waals surface area contributed by atoms with Gasteiger partial charge in [0, 0.05) is 32.4 Å². The molecule has 7 heteroatoms. The number of carbonyl (C=O) groups excluding carboxylic acids is 1. The lowest BCUT2D eigenvalue weighted by atomic mass is 10.2. The topological polar surface area (TPSA) is 81.1 Å². The van der Waals surface area contributed by atoms with E-state index in [1.165, 1.54) is 0 Å². The smallest absolute Gasteiger partial charge is 0.407 e. The van der Waals surface area contributed by atoms with E-state index in [1.54, 1.807) is 4.68 Å². The molecule has 1 unspecified atom stereocenters. The average molecular weight is 269 g/mol. The molecule has 7 nitrogen and oxygen atoms in total. The van der Waals surface area contributed by atoms with Gasteiger partial charge in [-0.15, -0.1) is 5.10 Å². The van der Waals surface area contributed by atoms with Crippen molar-refractivity contribution in [3.8, 4) is 0 Å². The number of alkyl carbamates (subject to hydrolysis) is 1. The molecule has 0 aliphatic carbocycles. The van der Waals surface area contributed by atoms with Gasteiger partial charge in [-0.2, -0.15) is 0 Å². The average Bonchev–Trinajstić information content (AvgIpc) is 2.60. The van der Waals surface area contributed by atoms with Crippen molar-refractivity contribution in [3.05, 3.63) is 11.9 Å². The number of rotatable bonds is 5. The third-order valence-corrected chi connectivity index (χ3v) is 2.17. The van der Waals surface area contributed by atoms with Crippen molar-refractivity contribution in [2.45, 2.75) is 45.9 Å². The monoisotopic (exact) mass is 269 g/mol. The molecule has 0 radical (unpaired) electrons.